The third kappa shape index (κ3) is 3.97. The topological polar surface area (TPSA) is 15.3 Å². The van der Waals surface area contributed by atoms with Gasteiger partial charge in [-0.25, -0.2) is 0 Å². The van der Waals surface area contributed by atoms with Crippen LogP contribution in [0.5, 0.6) is 0 Å². The molecular formula is C12H26N2S. The molecule has 0 saturated carbocycles. The summed E-state index contributed by atoms with van der Waals surface area (Å²) in [7, 11) is 0. The predicted molar refractivity (Wildman–Crippen MR) is 70.7 cm³/mol. The zero-order valence-electron chi connectivity index (χ0n) is 10.7. The van der Waals surface area contributed by atoms with Crippen molar-refractivity contribution in [1.82, 2.24) is 10.2 Å². The van der Waals surface area contributed by atoms with Crippen molar-refractivity contribution in [2.24, 2.45) is 0 Å². The van der Waals surface area contributed by atoms with E-state index in [0.717, 1.165) is 6.54 Å². The van der Waals surface area contributed by atoms with Gasteiger partial charge < -0.3 is 5.32 Å². The van der Waals surface area contributed by atoms with Crippen molar-refractivity contribution >= 4 is 11.8 Å². The molecule has 1 saturated heterocycles. The molecule has 0 spiro atoms. The minimum Gasteiger partial charge on any atom is -0.311 e. The second kappa shape index (κ2) is 6.12. The van der Waals surface area contributed by atoms with E-state index in [0.29, 0.717) is 11.6 Å². The fourth-order valence-corrected chi connectivity index (χ4v) is 2.71. The lowest BCUT2D eigenvalue weighted by atomic mass is 9.97. The highest BCUT2D eigenvalue weighted by Crippen LogP contribution is 2.19. The van der Waals surface area contributed by atoms with Crippen LogP contribution >= 0.6 is 11.8 Å². The molecule has 1 N–H and O–H groups in total. The van der Waals surface area contributed by atoms with E-state index < -0.39 is 0 Å². The zero-order valence-corrected chi connectivity index (χ0v) is 11.5. The van der Waals surface area contributed by atoms with Crippen LogP contribution in [0.15, 0.2) is 0 Å². The standard InChI is InChI=1S/C12H26N2S/c1-5-11-9-14(7-8-15-6-2)12(3,4)10-13-11/h11,13H,5-10H2,1-4H3. The molecule has 1 atom stereocenters. The molecule has 0 bridgehead atoms. The Balaban J connectivity index is 2.41. The third-order valence-electron chi connectivity index (χ3n) is 3.32. The number of hydrogen-bond donors (Lipinski definition) is 1. The van der Waals surface area contributed by atoms with Crippen molar-refractivity contribution in [2.75, 3.05) is 31.1 Å². The molecule has 1 unspecified atom stereocenters. The summed E-state index contributed by atoms with van der Waals surface area (Å²) in [5.74, 6) is 2.51. The molecule has 90 valence electrons. The Labute approximate surface area is 99.2 Å². The van der Waals surface area contributed by atoms with Gasteiger partial charge in [-0.2, -0.15) is 11.8 Å². The van der Waals surface area contributed by atoms with Gasteiger partial charge in [-0.15, -0.1) is 0 Å². The molecule has 0 aromatic rings. The van der Waals surface area contributed by atoms with Crippen LogP contribution in [-0.2, 0) is 0 Å². The average Bonchev–Trinajstić information content (AvgIpc) is 2.21. The number of hydrogen-bond acceptors (Lipinski definition) is 3. The maximum atomic E-state index is 3.63. The molecule has 0 amide bonds. The van der Waals surface area contributed by atoms with Crippen molar-refractivity contribution < 1.29 is 0 Å². The fourth-order valence-electron chi connectivity index (χ4n) is 2.07. The molecule has 3 heteroatoms. The van der Waals surface area contributed by atoms with E-state index in [-0.39, 0.29) is 0 Å². The maximum Gasteiger partial charge on any atom is 0.0278 e. The van der Waals surface area contributed by atoms with Gasteiger partial charge in [0.25, 0.3) is 0 Å². The van der Waals surface area contributed by atoms with Gasteiger partial charge in [0.1, 0.15) is 0 Å². The second-order valence-corrected chi connectivity index (χ2v) is 6.34. The van der Waals surface area contributed by atoms with E-state index >= 15 is 0 Å². The van der Waals surface area contributed by atoms with E-state index in [2.05, 4.69) is 37.9 Å². The molecule has 1 aliphatic rings. The van der Waals surface area contributed by atoms with E-state index in [1.165, 1.54) is 31.0 Å². The normalized spacial score (nSPS) is 26.8. The van der Waals surface area contributed by atoms with Gasteiger partial charge in [-0.3, -0.25) is 4.90 Å². The van der Waals surface area contributed by atoms with E-state index in [1.807, 2.05) is 11.8 Å². The van der Waals surface area contributed by atoms with Crippen LogP contribution in [0.1, 0.15) is 34.1 Å². The predicted octanol–water partition coefficient (Wildman–Crippen LogP) is 2.20. The molecule has 0 aliphatic carbocycles. The quantitative estimate of drug-likeness (QED) is 0.729. The van der Waals surface area contributed by atoms with Crippen LogP contribution < -0.4 is 5.32 Å². The van der Waals surface area contributed by atoms with Gasteiger partial charge in [-0.05, 0) is 26.0 Å². The van der Waals surface area contributed by atoms with Crippen LogP contribution in [0.3, 0.4) is 0 Å². The Morgan fingerprint density at radius 2 is 2.13 bits per heavy atom. The zero-order chi connectivity index (χ0) is 11.3. The Kier molecular flexibility index (Phi) is 5.44. The van der Waals surface area contributed by atoms with Crippen LogP contribution in [0.2, 0.25) is 0 Å². The summed E-state index contributed by atoms with van der Waals surface area (Å²) < 4.78 is 0. The van der Waals surface area contributed by atoms with Crippen LogP contribution in [0.4, 0.5) is 0 Å². The molecule has 0 aromatic carbocycles. The summed E-state index contributed by atoms with van der Waals surface area (Å²) in [6.07, 6.45) is 1.24. The highest BCUT2D eigenvalue weighted by molar-refractivity contribution is 7.99. The number of nitrogens with zero attached hydrogens (tertiary/aromatic N) is 1. The van der Waals surface area contributed by atoms with E-state index in [1.54, 1.807) is 0 Å². The summed E-state index contributed by atoms with van der Waals surface area (Å²) in [5.41, 5.74) is 0.333. The molecular weight excluding hydrogens is 204 g/mol. The lowest BCUT2D eigenvalue weighted by Gasteiger charge is -2.46. The third-order valence-corrected chi connectivity index (χ3v) is 4.20. The molecule has 0 aromatic heterocycles. The van der Waals surface area contributed by atoms with Gasteiger partial charge in [0.05, 0.1) is 0 Å². The first kappa shape index (κ1) is 13.3. The minimum atomic E-state index is 0.333. The number of piperazine rings is 1. The Morgan fingerprint density at radius 1 is 1.40 bits per heavy atom. The minimum absolute atomic E-state index is 0.333. The molecule has 1 heterocycles. The SMILES string of the molecule is CCSCCN1CC(CC)NCC1(C)C. The molecule has 1 rings (SSSR count). The lowest BCUT2D eigenvalue weighted by molar-refractivity contribution is 0.0721. The second-order valence-electron chi connectivity index (χ2n) is 4.94. The highest BCUT2D eigenvalue weighted by Gasteiger charge is 2.32. The van der Waals surface area contributed by atoms with Crippen LogP contribution in [-0.4, -0.2) is 47.6 Å². The molecule has 2 nitrogen and oxygen atoms in total. The fraction of sp³-hybridized carbons (Fsp3) is 1.00. The summed E-state index contributed by atoms with van der Waals surface area (Å²) >= 11 is 2.05. The smallest absolute Gasteiger partial charge is 0.0278 e. The highest BCUT2D eigenvalue weighted by atomic mass is 32.2. The van der Waals surface area contributed by atoms with Crippen LogP contribution in [0, 0.1) is 0 Å². The van der Waals surface area contributed by atoms with Gasteiger partial charge in [0.15, 0.2) is 0 Å². The van der Waals surface area contributed by atoms with E-state index in [4.69, 9.17) is 0 Å². The first-order valence-corrected chi connectivity index (χ1v) is 7.31. The number of nitrogens with one attached hydrogen (secondary N) is 1. The Bertz CT molecular complexity index is 182. The van der Waals surface area contributed by atoms with Crippen molar-refractivity contribution in [3.63, 3.8) is 0 Å². The molecule has 0 radical (unpaired) electrons. The summed E-state index contributed by atoms with van der Waals surface area (Å²) in [4.78, 5) is 2.65. The summed E-state index contributed by atoms with van der Waals surface area (Å²) in [5, 5.41) is 3.63. The van der Waals surface area contributed by atoms with Crippen molar-refractivity contribution in [2.45, 2.75) is 45.7 Å². The van der Waals surface area contributed by atoms with Crippen molar-refractivity contribution in [3.8, 4) is 0 Å². The first-order valence-electron chi connectivity index (χ1n) is 6.16. The van der Waals surface area contributed by atoms with Crippen LogP contribution in [0.25, 0.3) is 0 Å². The number of thioether (sulfide) groups is 1. The van der Waals surface area contributed by atoms with Gasteiger partial charge in [0, 0.05) is 37.0 Å². The van der Waals surface area contributed by atoms with Gasteiger partial charge in [-0.1, -0.05) is 13.8 Å². The molecule has 15 heavy (non-hydrogen) atoms. The Hall–Kier alpha value is 0.270. The lowest BCUT2D eigenvalue weighted by Crippen LogP contribution is -2.62. The Morgan fingerprint density at radius 3 is 2.73 bits per heavy atom. The molecule has 1 fully saturated rings. The maximum absolute atomic E-state index is 3.63. The average molecular weight is 230 g/mol. The summed E-state index contributed by atoms with van der Waals surface area (Å²) in [6.45, 7) is 12.8. The molecule has 1 aliphatic heterocycles. The first-order chi connectivity index (χ1) is 7.10. The van der Waals surface area contributed by atoms with Crippen molar-refractivity contribution in [3.05, 3.63) is 0 Å². The van der Waals surface area contributed by atoms with E-state index in [9.17, 15) is 0 Å². The van der Waals surface area contributed by atoms with Gasteiger partial charge >= 0.3 is 0 Å². The largest absolute Gasteiger partial charge is 0.311 e. The van der Waals surface area contributed by atoms with Crippen molar-refractivity contribution in [1.29, 1.82) is 0 Å². The number of rotatable bonds is 5. The summed E-state index contributed by atoms with van der Waals surface area (Å²) in [6, 6.07) is 0.699. The monoisotopic (exact) mass is 230 g/mol. The van der Waals surface area contributed by atoms with Gasteiger partial charge in [0.2, 0.25) is 0 Å².